The van der Waals surface area contributed by atoms with Gasteiger partial charge in [-0.25, -0.2) is 4.39 Å². The number of anilines is 1. The Hall–Kier alpha value is -2.51. The second-order valence-electron chi connectivity index (χ2n) is 5.36. The first kappa shape index (κ1) is 17.3. The fourth-order valence-corrected chi connectivity index (χ4v) is 3.67. The molecule has 1 amide bonds. The quantitative estimate of drug-likeness (QED) is 0.612. The summed E-state index contributed by atoms with van der Waals surface area (Å²) in [5.74, 6) is -2.03. The zero-order chi connectivity index (χ0) is 18.1. The van der Waals surface area contributed by atoms with Gasteiger partial charge in [0.15, 0.2) is 4.32 Å². The van der Waals surface area contributed by atoms with E-state index in [9.17, 15) is 19.1 Å². The number of carbonyl (C=O) groups is 2. The van der Waals surface area contributed by atoms with Crippen molar-refractivity contribution >= 4 is 51.9 Å². The van der Waals surface area contributed by atoms with E-state index in [0.717, 1.165) is 11.8 Å². The van der Waals surface area contributed by atoms with Crippen LogP contribution in [0.3, 0.4) is 0 Å². The highest BCUT2D eigenvalue weighted by molar-refractivity contribution is 8.27. The van der Waals surface area contributed by atoms with Crippen LogP contribution in [0.5, 0.6) is 0 Å². The van der Waals surface area contributed by atoms with Gasteiger partial charge in [-0.15, -0.1) is 0 Å². The van der Waals surface area contributed by atoms with Crippen molar-refractivity contribution in [2.24, 2.45) is 0 Å². The predicted octanol–water partition coefficient (Wildman–Crippen LogP) is 2.90. The molecule has 0 atom stereocenters. The third-order valence-electron chi connectivity index (χ3n) is 3.66. The number of carbonyl (C=O) groups excluding carboxylic acids is 2. The molecule has 0 aromatic heterocycles. The van der Waals surface area contributed by atoms with Crippen LogP contribution in [-0.4, -0.2) is 16.2 Å². The van der Waals surface area contributed by atoms with Crippen molar-refractivity contribution < 1.29 is 19.1 Å². The Morgan fingerprint density at radius 3 is 2.56 bits per heavy atom. The molecule has 1 fully saturated rings. The molecule has 0 N–H and O–H groups in total. The Bertz CT molecular complexity index is 922. The molecule has 3 rings (SSSR count). The Morgan fingerprint density at radius 1 is 1.24 bits per heavy atom. The van der Waals surface area contributed by atoms with Crippen molar-refractivity contribution in [3.63, 3.8) is 0 Å². The Kier molecular flexibility index (Phi) is 4.69. The van der Waals surface area contributed by atoms with Crippen molar-refractivity contribution in [2.75, 3.05) is 4.90 Å². The molecule has 2 aromatic rings. The van der Waals surface area contributed by atoms with Crippen LogP contribution in [0.25, 0.3) is 6.08 Å². The number of halogens is 1. The topological polar surface area (TPSA) is 60.4 Å². The van der Waals surface area contributed by atoms with Gasteiger partial charge >= 0.3 is 0 Å². The van der Waals surface area contributed by atoms with E-state index < -0.39 is 5.97 Å². The average molecular weight is 372 g/mol. The Morgan fingerprint density at radius 2 is 1.92 bits per heavy atom. The lowest BCUT2D eigenvalue weighted by Crippen LogP contribution is -2.29. The molecule has 1 aliphatic rings. The van der Waals surface area contributed by atoms with Gasteiger partial charge in [-0.1, -0.05) is 42.2 Å². The van der Waals surface area contributed by atoms with Crippen LogP contribution in [0.1, 0.15) is 21.5 Å². The van der Waals surface area contributed by atoms with E-state index >= 15 is 0 Å². The number of hydrogen-bond acceptors (Lipinski definition) is 5. The zero-order valence-electron chi connectivity index (χ0n) is 13.0. The molecule has 0 unspecified atom stereocenters. The fraction of sp³-hybridized carbons (Fsp3) is 0.0556. The van der Waals surface area contributed by atoms with E-state index in [4.69, 9.17) is 12.2 Å². The summed E-state index contributed by atoms with van der Waals surface area (Å²) < 4.78 is 13.3. The van der Waals surface area contributed by atoms with Gasteiger partial charge in [-0.3, -0.25) is 9.69 Å². The number of carboxylic acid groups (broad SMARTS) is 1. The number of aromatic carboxylic acids is 1. The second kappa shape index (κ2) is 6.78. The normalized spacial score (nSPS) is 15.9. The van der Waals surface area contributed by atoms with Crippen molar-refractivity contribution in [1.29, 1.82) is 0 Å². The van der Waals surface area contributed by atoms with Crippen molar-refractivity contribution in [2.45, 2.75) is 6.92 Å². The molecule has 0 aliphatic carbocycles. The molecule has 1 heterocycles. The Labute approximate surface area is 153 Å². The molecular formula is C18H11FNO3S2-. The summed E-state index contributed by atoms with van der Waals surface area (Å²) in [5, 5.41) is 11.2. The highest BCUT2D eigenvalue weighted by atomic mass is 32.2. The number of amides is 1. The van der Waals surface area contributed by atoms with Gasteiger partial charge in [0.2, 0.25) is 0 Å². The van der Waals surface area contributed by atoms with Gasteiger partial charge < -0.3 is 9.90 Å². The van der Waals surface area contributed by atoms with Gasteiger partial charge in [0, 0.05) is 5.56 Å². The lowest BCUT2D eigenvalue weighted by molar-refractivity contribution is -0.255. The SMILES string of the molecule is Cc1ccc(N2C(=O)/C(=C/c3ccc(F)cc3)SC2=S)cc1C(=O)[O-]. The van der Waals surface area contributed by atoms with Crippen LogP contribution in [0.2, 0.25) is 0 Å². The van der Waals surface area contributed by atoms with Crippen molar-refractivity contribution in [3.8, 4) is 0 Å². The average Bonchev–Trinajstić information content (AvgIpc) is 2.84. The first-order valence-corrected chi connectivity index (χ1v) is 8.45. The van der Waals surface area contributed by atoms with Crippen LogP contribution >= 0.6 is 24.0 Å². The summed E-state index contributed by atoms with van der Waals surface area (Å²) in [6, 6.07) is 10.3. The molecule has 0 spiro atoms. The summed E-state index contributed by atoms with van der Waals surface area (Å²) in [4.78, 5) is 25.5. The Balaban J connectivity index is 1.95. The molecule has 126 valence electrons. The molecular weight excluding hydrogens is 361 g/mol. The van der Waals surface area contributed by atoms with Gasteiger partial charge in [-0.05, 0) is 48.4 Å². The number of nitrogens with zero attached hydrogens (tertiary/aromatic N) is 1. The molecule has 0 radical (unpaired) electrons. The number of thiocarbonyl (C=S) groups is 1. The summed E-state index contributed by atoms with van der Waals surface area (Å²) in [5.41, 5.74) is 1.58. The summed E-state index contributed by atoms with van der Waals surface area (Å²) >= 11 is 6.37. The van der Waals surface area contributed by atoms with E-state index in [1.807, 2.05) is 0 Å². The first-order valence-electron chi connectivity index (χ1n) is 7.22. The molecule has 25 heavy (non-hydrogen) atoms. The summed E-state index contributed by atoms with van der Waals surface area (Å²) in [6.45, 7) is 1.65. The number of aryl methyl sites for hydroxylation is 1. The van der Waals surface area contributed by atoms with E-state index in [1.54, 1.807) is 37.3 Å². The van der Waals surface area contributed by atoms with E-state index in [0.29, 0.717) is 26.0 Å². The second-order valence-corrected chi connectivity index (χ2v) is 7.03. The van der Waals surface area contributed by atoms with E-state index in [-0.39, 0.29) is 17.3 Å². The fourth-order valence-electron chi connectivity index (χ4n) is 2.37. The third kappa shape index (κ3) is 3.47. The zero-order valence-corrected chi connectivity index (χ0v) is 14.6. The standard InChI is InChI=1S/C18H12FNO3S2/c1-10-2-7-13(9-14(10)17(22)23)20-16(21)15(25-18(20)24)8-11-3-5-12(19)6-4-11/h2-9H,1H3,(H,22,23)/p-1/b15-8-. The van der Waals surface area contributed by atoms with Gasteiger partial charge in [0.1, 0.15) is 5.82 Å². The van der Waals surface area contributed by atoms with E-state index in [1.165, 1.54) is 23.1 Å². The maximum atomic E-state index is 13.0. The number of benzene rings is 2. The molecule has 4 nitrogen and oxygen atoms in total. The van der Waals surface area contributed by atoms with Gasteiger partial charge in [-0.2, -0.15) is 0 Å². The molecule has 1 aliphatic heterocycles. The highest BCUT2D eigenvalue weighted by Gasteiger charge is 2.33. The number of carboxylic acids is 1. The molecule has 0 saturated carbocycles. The smallest absolute Gasteiger partial charge is 0.270 e. The molecule has 2 aromatic carbocycles. The largest absolute Gasteiger partial charge is 0.545 e. The first-order chi connectivity index (χ1) is 11.9. The minimum atomic E-state index is -1.31. The van der Waals surface area contributed by atoms with Crippen molar-refractivity contribution in [1.82, 2.24) is 0 Å². The molecule has 7 heteroatoms. The predicted molar refractivity (Wildman–Crippen MR) is 97.6 cm³/mol. The minimum Gasteiger partial charge on any atom is -0.545 e. The van der Waals surface area contributed by atoms with Crippen LogP contribution in [0, 0.1) is 12.7 Å². The van der Waals surface area contributed by atoms with Gasteiger partial charge in [0.25, 0.3) is 5.91 Å². The van der Waals surface area contributed by atoms with Crippen LogP contribution in [0.4, 0.5) is 10.1 Å². The minimum absolute atomic E-state index is 0.00839. The van der Waals surface area contributed by atoms with Crippen LogP contribution in [-0.2, 0) is 4.79 Å². The van der Waals surface area contributed by atoms with Crippen molar-refractivity contribution in [3.05, 3.63) is 69.9 Å². The van der Waals surface area contributed by atoms with Gasteiger partial charge in [0.05, 0.1) is 16.6 Å². The van der Waals surface area contributed by atoms with E-state index in [2.05, 4.69) is 0 Å². The summed E-state index contributed by atoms with van der Waals surface area (Å²) in [7, 11) is 0. The number of hydrogen-bond donors (Lipinski definition) is 0. The van der Waals surface area contributed by atoms with Crippen LogP contribution < -0.4 is 10.0 Å². The number of thioether (sulfide) groups is 1. The van der Waals surface area contributed by atoms with Crippen LogP contribution in [0.15, 0.2) is 47.4 Å². The molecule has 1 saturated heterocycles. The lowest BCUT2D eigenvalue weighted by Gasteiger charge is -2.17. The maximum Gasteiger partial charge on any atom is 0.270 e. The lowest BCUT2D eigenvalue weighted by atomic mass is 10.1. The monoisotopic (exact) mass is 372 g/mol. The molecule has 0 bridgehead atoms. The number of rotatable bonds is 3. The summed E-state index contributed by atoms with van der Waals surface area (Å²) in [6.07, 6.45) is 1.62. The maximum absolute atomic E-state index is 13.0. The third-order valence-corrected chi connectivity index (χ3v) is 4.96. The highest BCUT2D eigenvalue weighted by Crippen LogP contribution is 2.36.